The molecule has 2 unspecified atom stereocenters. The number of esters is 1. The van der Waals surface area contributed by atoms with Gasteiger partial charge >= 0.3 is 5.97 Å². The maximum atomic E-state index is 11.4. The van der Waals surface area contributed by atoms with Crippen LogP contribution >= 0.6 is 0 Å². The molecule has 0 heterocycles. The third-order valence-corrected chi connectivity index (χ3v) is 3.42. The number of carbonyl (C=O) groups excluding carboxylic acids is 1. The van der Waals surface area contributed by atoms with Crippen LogP contribution in [0.2, 0.25) is 0 Å². The molecule has 1 fully saturated rings. The number of azide groups is 1. The minimum atomic E-state index is -0.188. The molecule has 0 saturated heterocycles. The van der Waals surface area contributed by atoms with Gasteiger partial charge in [-0.1, -0.05) is 19.0 Å². The standard InChI is InChI=1S/C10H17N3O2/c1-6-4-8(10(14)15-3)5-9(7(6)2)12-13-11/h6-9H,4-5H2,1-3H3/t6-,7+,8?,9?/m1/s1. The van der Waals surface area contributed by atoms with Crippen LogP contribution in [-0.4, -0.2) is 19.1 Å². The number of methoxy groups -OCH3 is 1. The number of rotatable bonds is 2. The average molecular weight is 211 g/mol. The third-order valence-electron chi connectivity index (χ3n) is 3.42. The van der Waals surface area contributed by atoms with E-state index in [4.69, 9.17) is 10.3 Å². The lowest BCUT2D eigenvalue weighted by atomic mass is 9.73. The summed E-state index contributed by atoms with van der Waals surface area (Å²) in [6, 6.07) is -0.0807. The topological polar surface area (TPSA) is 75.1 Å². The van der Waals surface area contributed by atoms with Crippen molar-refractivity contribution in [1.82, 2.24) is 0 Å². The Kier molecular flexibility index (Phi) is 3.97. The molecule has 15 heavy (non-hydrogen) atoms. The second-order valence-electron chi connectivity index (χ2n) is 4.30. The van der Waals surface area contributed by atoms with Crippen LogP contribution in [0.1, 0.15) is 26.7 Å². The molecule has 5 heteroatoms. The summed E-state index contributed by atoms with van der Waals surface area (Å²) in [6.07, 6.45) is 1.44. The molecule has 1 rings (SSSR count). The molecule has 0 spiro atoms. The fraction of sp³-hybridized carbons (Fsp3) is 0.900. The van der Waals surface area contributed by atoms with E-state index in [1.165, 1.54) is 7.11 Å². The van der Waals surface area contributed by atoms with Crippen LogP contribution < -0.4 is 0 Å². The van der Waals surface area contributed by atoms with Gasteiger partial charge in [-0.05, 0) is 30.2 Å². The Labute approximate surface area is 89.4 Å². The van der Waals surface area contributed by atoms with Crippen LogP contribution in [0, 0.1) is 17.8 Å². The van der Waals surface area contributed by atoms with E-state index in [0.717, 1.165) is 6.42 Å². The van der Waals surface area contributed by atoms with Gasteiger partial charge in [-0.2, -0.15) is 0 Å². The molecule has 0 N–H and O–H groups in total. The average Bonchev–Trinajstić information content (AvgIpc) is 2.23. The van der Waals surface area contributed by atoms with E-state index in [1.807, 2.05) is 0 Å². The zero-order valence-electron chi connectivity index (χ0n) is 9.38. The molecule has 1 aliphatic carbocycles. The Morgan fingerprint density at radius 3 is 2.67 bits per heavy atom. The maximum absolute atomic E-state index is 11.4. The summed E-state index contributed by atoms with van der Waals surface area (Å²) in [5.74, 6) is 0.420. The highest BCUT2D eigenvalue weighted by atomic mass is 16.5. The van der Waals surface area contributed by atoms with E-state index in [2.05, 4.69) is 23.9 Å². The van der Waals surface area contributed by atoms with E-state index >= 15 is 0 Å². The highest BCUT2D eigenvalue weighted by Crippen LogP contribution is 2.36. The second kappa shape index (κ2) is 5.03. The highest BCUT2D eigenvalue weighted by molar-refractivity contribution is 5.72. The van der Waals surface area contributed by atoms with Gasteiger partial charge in [0, 0.05) is 11.0 Å². The summed E-state index contributed by atoms with van der Waals surface area (Å²) in [7, 11) is 1.40. The predicted octanol–water partition coefficient (Wildman–Crippen LogP) is 2.52. The molecule has 84 valence electrons. The van der Waals surface area contributed by atoms with Gasteiger partial charge in [0.1, 0.15) is 0 Å². The normalized spacial score (nSPS) is 35.4. The first kappa shape index (κ1) is 11.9. The minimum Gasteiger partial charge on any atom is -0.469 e. The van der Waals surface area contributed by atoms with E-state index in [0.29, 0.717) is 18.3 Å². The van der Waals surface area contributed by atoms with Gasteiger partial charge in [0.25, 0.3) is 0 Å². The monoisotopic (exact) mass is 211 g/mol. The van der Waals surface area contributed by atoms with Crippen LogP contribution in [0.25, 0.3) is 10.4 Å². The Hall–Kier alpha value is -1.22. The number of carbonyl (C=O) groups is 1. The Morgan fingerprint density at radius 2 is 2.13 bits per heavy atom. The maximum Gasteiger partial charge on any atom is 0.308 e. The summed E-state index contributed by atoms with van der Waals surface area (Å²) in [5.41, 5.74) is 8.45. The van der Waals surface area contributed by atoms with Crippen LogP contribution in [0.3, 0.4) is 0 Å². The summed E-state index contributed by atoms with van der Waals surface area (Å²) in [6.45, 7) is 4.15. The molecule has 0 aromatic carbocycles. The van der Waals surface area contributed by atoms with Gasteiger partial charge in [-0.25, -0.2) is 0 Å². The first-order valence-electron chi connectivity index (χ1n) is 5.22. The highest BCUT2D eigenvalue weighted by Gasteiger charge is 2.35. The quantitative estimate of drug-likeness (QED) is 0.304. The Morgan fingerprint density at radius 1 is 1.47 bits per heavy atom. The van der Waals surface area contributed by atoms with Crippen LogP contribution in [0.5, 0.6) is 0 Å². The van der Waals surface area contributed by atoms with Crippen molar-refractivity contribution >= 4 is 5.97 Å². The lowest BCUT2D eigenvalue weighted by Gasteiger charge is -2.35. The zero-order valence-corrected chi connectivity index (χ0v) is 9.38. The number of nitrogens with zero attached hydrogens (tertiary/aromatic N) is 3. The Balaban J connectivity index is 2.74. The molecular weight excluding hydrogens is 194 g/mol. The van der Waals surface area contributed by atoms with Gasteiger partial charge in [0.2, 0.25) is 0 Å². The Bertz CT molecular complexity index is 286. The van der Waals surface area contributed by atoms with E-state index in [-0.39, 0.29) is 17.9 Å². The second-order valence-corrected chi connectivity index (χ2v) is 4.30. The number of hydrogen-bond acceptors (Lipinski definition) is 3. The molecule has 4 atom stereocenters. The molecular formula is C10H17N3O2. The van der Waals surface area contributed by atoms with Gasteiger partial charge < -0.3 is 4.74 Å². The van der Waals surface area contributed by atoms with Crippen molar-refractivity contribution in [2.24, 2.45) is 22.9 Å². The van der Waals surface area contributed by atoms with E-state index < -0.39 is 0 Å². The predicted molar refractivity (Wildman–Crippen MR) is 56.0 cm³/mol. The summed E-state index contributed by atoms with van der Waals surface area (Å²) < 4.78 is 4.73. The third kappa shape index (κ3) is 2.63. The number of hydrogen-bond donors (Lipinski definition) is 0. The van der Waals surface area contributed by atoms with Crippen molar-refractivity contribution in [2.45, 2.75) is 32.7 Å². The van der Waals surface area contributed by atoms with Gasteiger partial charge in [0.15, 0.2) is 0 Å². The molecule has 0 bridgehead atoms. The number of ether oxygens (including phenoxy) is 1. The molecule has 0 aromatic rings. The molecule has 0 aromatic heterocycles. The van der Waals surface area contributed by atoms with Crippen molar-refractivity contribution in [1.29, 1.82) is 0 Å². The summed E-state index contributed by atoms with van der Waals surface area (Å²) in [5, 5.41) is 3.75. The van der Waals surface area contributed by atoms with E-state index in [9.17, 15) is 4.79 Å². The first-order valence-corrected chi connectivity index (χ1v) is 5.22. The van der Waals surface area contributed by atoms with Crippen LogP contribution in [0.4, 0.5) is 0 Å². The first-order chi connectivity index (χ1) is 7.10. The fourth-order valence-electron chi connectivity index (χ4n) is 2.22. The molecule has 0 aliphatic heterocycles. The molecule has 5 nitrogen and oxygen atoms in total. The fourth-order valence-corrected chi connectivity index (χ4v) is 2.22. The van der Waals surface area contributed by atoms with Crippen molar-refractivity contribution in [3.8, 4) is 0 Å². The molecule has 0 amide bonds. The zero-order chi connectivity index (χ0) is 11.4. The molecule has 1 aliphatic rings. The van der Waals surface area contributed by atoms with E-state index in [1.54, 1.807) is 0 Å². The van der Waals surface area contributed by atoms with Crippen LogP contribution in [0.15, 0.2) is 5.11 Å². The molecule has 1 saturated carbocycles. The van der Waals surface area contributed by atoms with Crippen molar-refractivity contribution < 1.29 is 9.53 Å². The molecule has 0 radical (unpaired) electrons. The van der Waals surface area contributed by atoms with Crippen molar-refractivity contribution in [3.05, 3.63) is 10.4 Å². The van der Waals surface area contributed by atoms with Crippen molar-refractivity contribution in [2.75, 3.05) is 7.11 Å². The largest absolute Gasteiger partial charge is 0.469 e. The van der Waals surface area contributed by atoms with Crippen LogP contribution in [-0.2, 0) is 9.53 Å². The smallest absolute Gasteiger partial charge is 0.308 e. The lowest BCUT2D eigenvalue weighted by Crippen LogP contribution is -2.35. The lowest BCUT2D eigenvalue weighted by molar-refractivity contribution is -0.147. The van der Waals surface area contributed by atoms with Gasteiger partial charge in [-0.3, -0.25) is 4.79 Å². The summed E-state index contributed by atoms with van der Waals surface area (Å²) >= 11 is 0. The SMILES string of the molecule is COC(=O)C1CC(N=[N+]=[N-])[C@@H](C)[C@H](C)C1. The van der Waals surface area contributed by atoms with Gasteiger partial charge in [-0.15, -0.1) is 0 Å². The van der Waals surface area contributed by atoms with Gasteiger partial charge in [0.05, 0.1) is 13.0 Å². The summed E-state index contributed by atoms with van der Waals surface area (Å²) in [4.78, 5) is 14.2. The van der Waals surface area contributed by atoms with Crippen molar-refractivity contribution in [3.63, 3.8) is 0 Å². The minimum absolute atomic E-state index is 0.0807.